The number of carbonyl (C=O) groups is 1. The molecule has 6 nitrogen and oxygen atoms in total. The molecule has 0 fully saturated rings. The number of halogens is 2. The Bertz CT molecular complexity index is 1250. The fraction of sp³-hybridized carbons (Fsp3) is 0.125. The second-order valence-corrected chi connectivity index (χ2v) is 9.25. The van der Waals surface area contributed by atoms with Crippen molar-refractivity contribution in [3.63, 3.8) is 0 Å². The number of ether oxygens (including phenoxy) is 1. The lowest BCUT2D eigenvalue weighted by atomic mass is 10.1. The third-order valence-electron chi connectivity index (χ3n) is 4.64. The van der Waals surface area contributed by atoms with Crippen LogP contribution in [0, 0.1) is 5.82 Å². The minimum atomic E-state index is -4.02. The molecule has 1 amide bonds. The number of nitrogens with one attached hydrogen (secondary N) is 1. The van der Waals surface area contributed by atoms with Crippen molar-refractivity contribution < 1.29 is 22.3 Å². The summed E-state index contributed by atoms with van der Waals surface area (Å²) in [5, 5.41) is 0.120. The molecular weight excluding hydrogens is 467 g/mol. The van der Waals surface area contributed by atoms with Gasteiger partial charge in [-0.2, -0.15) is 0 Å². The molecule has 0 atom stereocenters. The van der Waals surface area contributed by atoms with Gasteiger partial charge in [0.15, 0.2) is 0 Å². The van der Waals surface area contributed by atoms with Crippen LogP contribution in [0.3, 0.4) is 0 Å². The number of rotatable bonds is 9. The summed E-state index contributed by atoms with van der Waals surface area (Å²) in [5.74, 6) is -0.175. The van der Waals surface area contributed by atoms with Crippen LogP contribution in [0.25, 0.3) is 0 Å². The van der Waals surface area contributed by atoms with Crippen molar-refractivity contribution in [1.29, 1.82) is 0 Å². The van der Waals surface area contributed by atoms with Crippen LogP contribution in [-0.2, 0) is 16.6 Å². The van der Waals surface area contributed by atoms with Crippen LogP contribution < -0.4 is 9.46 Å². The molecule has 0 spiro atoms. The van der Waals surface area contributed by atoms with Crippen LogP contribution >= 0.6 is 11.6 Å². The van der Waals surface area contributed by atoms with E-state index in [1.54, 1.807) is 13.1 Å². The largest absolute Gasteiger partial charge is 0.490 e. The van der Waals surface area contributed by atoms with Gasteiger partial charge in [-0.3, -0.25) is 9.52 Å². The molecule has 33 heavy (non-hydrogen) atoms. The first-order valence-electron chi connectivity index (χ1n) is 9.85. The highest BCUT2D eigenvalue weighted by Crippen LogP contribution is 2.27. The van der Waals surface area contributed by atoms with E-state index >= 15 is 0 Å². The van der Waals surface area contributed by atoms with Gasteiger partial charge in [-0.25, -0.2) is 12.8 Å². The third kappa shape index (κ3) is 6.34. The van der Waals surface area contributed by atoms with Crippen molar-refractivity contribution in [2.24, 2.45) is 0 Å². The number of anilines is 1. The zero-order valence-electron chi connectivity index (χ0n) is 17.8. The van der Waals surface area contributed by atoms with Gasteiger partial charge in [0.1, 0.15) is 18.2 Å². The molecular formula is C24H22ClFN2O4S. The molecule has 0 radical (unpaired) electrons. The fourth-order valence-corrected chi connectivity index (χ4v) is 4.26. The summed E-state index contributed by atoms with van der Waals surface area (Å²) in [6.45, 7) is 4.34. The van der Waals surface area contributed by atoms with Gasteiger partial charge in [0, 0.05) is 19.2 Å². The topological polar surface area (TPSA) is 75.7 Å². The lowest BCUT2D eigenvalue weighted by Crippen LogP contribution is -2.26. The Labute approximate surface area is 197 Å². The Morgan fingerprint density at radius 1 is 1.12 bits per heavy atom. The van der Waals surface area contributed by atoms with Crippen LogP contribution in [0.15, 0.2) is 84.3 Å². The Hall–Kier alpha value is -3.36. The SMILES string of the molecule is C=CCOc1ccc(CN(C)C(=O)c2ccc(Cl)c(NS(=O)(=O)c3ccc(F)cc3)c2)cc1. The van der Waals surface area contributed by atoms with Gasteiger partial charge in [-0.1, -0.05) is 36.4 Å². The van der Waals surface area contributed by atoms with Crippen molar-refractivity contribution in [3.05, 3.63) is 101 Å². The van der Waals surface area contributed by atoms with Gasteiger partial charge in [-0.15, -0.1) is 0 Å². The molecule has 172 valence electrons. The highest BCUT2D eigenvalue weighted by molar-refractivity contribution is 7.92. The van der Waals surface area contributed by atoms with Crippen molar-refractivity contribution in [1.82, 2.24) is 4.90 Å². The summed E-state index contributed by atoms with van der Waals surface area (Å²) in [5.41, 5.74) is 1.19. The van der Waals surface area contributed by atoms with Crippen LogP contribution in [0.4, 0.5) is 10.1 Å². The number of benzene rings is 3. The maximum atomic E-state index is 13.1. The first-order chi connectivity index (χ1) is 15.7. The number of sulfonamides is 1. The molecule has 0 unspecified atom stereocenters. The Morgan fingerprint density at radius 2 is 1.79 bits per heavy atom. The first-order valence-corrected chi connectivity index (χ1v) is 11.7. The molecule has 0 aliphatic heterocycles. The number of carbonyl (C=O) groups excluding carboxylic acids is 1. The van der Waals surface area contributed by atoms with Crippen molar-refractivity contribution in [2.75, 3.05) is 18.4 Å². The number of hydrogen-bond acceptors (Lipinski definition) is 4. The quantitative estimate of drug-likeness (QED) is 0.424. The molecule has 3 aromatic carbocycles. The second kappa shape index (κ2) is 10.5. The van der Waals surface area contributed by atoms with Crippen LogP contribution in [0.2, 0.25) is 5.02 Å². The van der Waals surface area contributed by atoms with Gasteiger partial charge in [-0.05, 0) is 60.2 Å². The summed E-state index contributed by atoms with van der Waals surface area (Å²) in [6, 6.07) is 16.0. The minimum absolute atomic E-state index is 0.0453. The molecule has 0 aliphatic rings. The van der Waals surface area contributed by atoms with Crippen molar-refractivity contribution in [3.8, 4) is 5.75 Å². The van der Waals surface area contributed by atoms with E-state index in [0.29, 0.717) is 18.9 Å². The zero-order chi connectivity index (χ0) is 24.0. The average molecular weight is 489 g/mol. The standard InChI is InChI=1S/C24H22ClFN2O4S/c1-3-14-32-20-9-4-17(5-10-20)16-28(2)24(29)18-6-13-22(25)23(15-18)27-33(30,31)21-11-7-19(26)8-12-21/h3-13,15,27H,1,14,16H2,2H3. The summed E-state index contributed by atoms with van der Waals surface area (Å²) in [4.78, 5) is 14.3. The predicted octanol–water partition coefficient (Wildman–Crippen LogP) is 5.12. The summed E-state index contributed by atoms with van der Waals surface area (Å²) in [7, 11) is -2.38. The smallest absolute Gasteiger partial charge is 0.261 e. The first kappa shape index (κ1) is 24.3. The molecule has 1 N–H and O–H groups in total. The van der Waals surface area contributed by atoms with E-state index in [1.807, 2.05) is 24.3 Å². The number of amides is 1. The van der Waals surface area contributed by atoms with Gasteiger partial charge >= 0.3 is 0 Å². The van der Waals surface area contributed by atoms with Gasteiger partial charge in [0.2, 0.25) is 0 Å². The molecule has 3 aromatic rings. The van der Waals surface area contributed by atoms with E-state index < -0.39 is 15.8 Å². The predicted molar refractivity (Wildman–Crippen MR) is 127 cm³/mol. The highest BCUT2D eigenvalue weighted by atomic mass is 35.5. The Morgan fingerprint density at radius 3 is 2.42 bits per heavy atom. The zero-order valence-corrected chi connectivity index (χ0v) is 19.4. The second-order valence-electron chi connectivity index (χ2n) is 7.16. The van der Waals surface area contributed by atoms with E-state index in [9.17, 15) is 17.6 Å². The monoisotopic (exact) mass is 488 g/mol. The minimum Gasteiger partial charge on any atom is -0.490 e. The van der Waals surface area contributed by atoms with Crippen LogP contribution in [0.1, 0.15) is 15.9 Å². The summed E-state index contributed by atoms with van der Waals surface area (Å²) in [6.07, 6.45) is 1.65. The van der Waals surface area contributed by atoms with E-state index in [2.05, 4.69) is 11.3 Å². The average Bonchev–Trinajstić information content (AvgIpc) is 2.79. The number of nitrogens with zero attached hydrogens (tertiary/aromatic N) is 1. The third-order valence-corrected chi connectivity index (χ3v) is 6.35. The molecule has 0 aliphatic carbocycles. The Kier molecular flexibility index (Phi) is 7.73. The molecule has 0 bridgehead atoms. The molecule has 0 heterocycles. The van der Waals surface area contributed by atoms with Crippen LogP contribution in [0.5, 0.6) is 5.75 Å². The highest BCUT2D eigenvalue weighted by Gasteiger charge is 2.19. The van der Waals surface area contributed by atoms with Gasteiger partial charge < -0.3 is 9.64 Å². The van der Waals surface area contributed by atoms with Crippen molar-refractivity contribution in [2.45, 2.75) is 11.4 Å². The maximum absolute atomic E-state index is 13.1. The molecule has 3 rings (SSSR count). The molecule has 0 saturated heterocycles. The normalized spacial score (nSPS) is 11.0. The van der Waals surface area contributed by atoms with Crippen molar-refractivity contribution >= 4 is 33.2 Å². The number of hydrogen-bond donors (Lipinski definition) is 1. The van der Waals surface area contributed by atoms with E-state index in [4.69, 9.17) is 16.3 Å². The molecule has 0 aromatic heterocycles. The van der Waals surface area contributed by atoms with Gasteiger partial charge in [0.25, 0.3) is 15.9 Å². The lowest BCUT2D eigenvalue weighted by molar-refractivity contribution is 0.0785. The summed E-state index contributed by atoms with van der Waals surface area (Å²) >= 11 is 6.15. The molecule has 9 heteroatoms. The summed E-state index contributed by atoms with van der Waals surface area (Å²) < 4.78 is 46.1. The fourth-order valence-electron chi connectivity index (χ4n) is 2.97. The van der Waals surface area contributed by atoms with E-state index in [-0.39, 0.29) is 27.1 Å². The van der Waals surface area contributed by atoms with Gasteiger partial charge in [0.05, 0.1) is 15.6 Å². The lowest BCUT2D eigenvalue weighted by Gasteiger charge is -2.18. The maximum Gasteiger partial charge on any atom is 0.261 e. The van der Waals surface area contributed by atoms with Crippen LogP contribution in [-0.4, -0.2) is 32.9 Å². The molecule has 0 saturated carbocycles. The Balaban J connectivity index is 1.74. The van der Waals surface area contributed by atoms with E-state index in [1.165, 1.54) is 23.1 Å². The van der Waals surface area contributed by atoms with E-state index in [0.717, 1.165) is 29.8 Å².